The Bertz CT molecular complexity index is 487. The van der Waals surface area contributed by atoms with Crippen LogP contribution in [0, 0.1) is 0 Å². The van der Waals surface area contributed by atoms with Crippen molar-refractivity contribution in [1.82, 2.24) is 4.31 Å². The number of benzene rings is 1. The van der Waals surface area contributed by atoms with E-state index in [1.165, 1.54) is 4.31 Å². The minimum atomic E-state index is -3.51. The Labute approximate surface area is 114 Å². The molecule has 19 heavy (non-hydrogen) atoms. The molecule has 0 aromatic heterocycles. The number of hydrogen-bond donors (Lipinski definition) is 2. The number of ether oxygens (including phenoxy) is 1. The molecule has 3 N–H and O–H groups in total. The fourth-order valence-corrected chi connectivity index (χ4v) is 2.84. The van der Waals surface area contributed by atoms with Crippen molar-refractivity contribution in [3.8, 4) is 5.75 Å². The quantitative estimate of drug-likeness (QED) is 0.747. The molecule has 0 bridgehead atoms. The van der Waals surface area contributed by atoms with Gasteiger partial charge < -0.3 is 10.5 Å². The maximum Gasteiger partial charge on any atom is 0.301 e. The highest BCUT2D eigenvalue weighted by Gasteiger charge is 2.18. The average molecular weight is 287 g/mol. The molecule has 1 aromatic rings. The summed E-state index contributed by atoms with van der Waals surface area (Å²) in [4.78, 5) is 0. The van der Waals surface area contributed by atoms with E-state index < -0.39 is 10.2 Å². The molecule has 1 rings (SSSR count). The van der Waals surface area contributed by atoms with Crippen LogP contribution in [0.4, 0.5) is 5.69 Å². The first-order valence-corrected chi connectivity index (χ1v) is 7.68. The Morgan fingerprint density at radius 2 is 2.00 bits per heavy atom. The van der Waals surface area contributed by atoms with E-state index in [1.807, 2.05) is 0 Å². The van der Waals surface area contributed by atoms with Crippen molar-refractivity contribution in [2.24, 2.45) is 5.73 Å². The Balaban J connectivity index is 2.81. The molecule has 0 unspecified atom stereocenters. The van der Waals surface area contributed by atoms with E-state index in [-0.39, 0.29) is 0 Å². The van der Waals surface area contributed by atoms with E-state index >= 15 is 0 Å². The van der Waals surface area contributed by atoms with E-state index in [4.69, 9.17) is 10.5 Å². The molecule has 0 fully saturated rings. The van der Waals surface area contributed by atoms with Crippen LogP contribution in [0.15, 0.2) is 24.3 Å². The number of rotatable bonds is 8. The summed E-state index contributed by atoms with van der Waals surface area (Å²) in [5, 5.41) is 0. The van der Waals surface area contributed by atoms with Crippen LogP contribution in [0.3, 0.4) is 0 Å². The van der Waals surface area contributed by atoms with Crippen molar-refractivity contribution in [3.05, 3.63) is 24.3 Å². The van der Waals surface area contributed by atoms with Gasteiger partial charge >= 0.3 is 10.2 Å². The van der Waals surface area contributed by atoms with Crippen molar-refractivity contribution in [2.75, 3.05) is 31.0 Å². The minimum Gasteiger partial charge on any atom is -0.492 e. The van der Waals surface area contributed by atoms with Crippen LogP contribution in [0.5, 0.6) is 5.75 Å². The van der Waals surface area contributed by atoms with Gasteiger partial charge in [-0.1, -0.05) is 19.9 Å². The summed E-state index contributed by atoms with van der Waals surface area (Å²) in [5.41, 5.74) is 5.82. The Hall–Kier alpha value is -1.31. The van der Waals surface area contributed by atoms with Crippen LogP contribution in [0.25, 0.3) is 0 Å². The highest BCUT2D eigenvalue weighted by molar-refractivity contribution is 7.90. The number of nitrogens with one attached hydrogen (secondary N) is 1. The fourth-order valence-electron chi connectivity index (χ4n) is 1.60. The molecule has 0 saturated heterocycles. The Morgan fingerprint density at radius 1 is 1.32 bits per heavy atom. The first-order valence-electron chi connectivity index (χ1n) is 6.24. The van der Waals surface area contributed by atoms with Gasteiger partial charge in [0.25, 0.3) is 0 Å². The van der Waals surface area contributed by atoms with Crippen LogP contribution < -0.4 is 15.2 Å². The first-order chi connectivity index (χ1) is 9.03. The monoisotopic (exact) mass is 287 g/mol. The standard InChI is InChI=1S/C12H21N3O3S/c1-3-15(4-2)19(16,17)14-11-6-5-7-12(10-11)18-9-8-13/h5-7,10,14H,3-4,8-9,13H2,1-2H3. The van der Waals surface area contributed by atoms with Crippen molar-refractivity contribution in [2.45, 2.75) is 13.8 Å². The summed E-state index contributed by atoms with van der Waals surface area (Å²) in [6, 6.07) is 6.80. The van der Waals surface area contributed by atoms with Crippen LogP contribution in [0.1, 0.15) is 13.8 Å². The summed E-state index contributed by atoms with van der Waals surface area (Å²) < 4.78 is 33.3. The summed E-state index contributed by atoms with van der Waals surface area (Å²) in [7, 11) is -3.51. The molecule has 0 amide bonds. The van der Waals surface area contributed by atoms with Gasteiger partial charge in [0.2, 0.25) is 0 Å². The van der Waals surface area contributed by atoms with Gasteiger partial charge in [-0.2, -0.15) is 12.7 Å². The van der Waals surface area contributed by atoms with Gasteiger partial charge in [-0.15, -0.1) is 0 Å². The predicted molar refractivity (Wildman–Crippen MR) is 76.5 cm³/mol. The van der Waals surface area contributed by atoms with Gasteiger partial charge in [0.15, 0.2) is 0 Å². The lowest BCUT2D eigenvalue weighted by atomic mass is 10.3. The van der Waals surface area contributed by atoms with Gasteiger partial charge in [0.1, 0.15) is 12.4 Å². The van der Waals surface area contributed by atoms with Gasteiger partial charge in [0.05, 0.1) is 5.69 Å². The maximum atomic E-state index is 12.0. The van der Waals surface area contributed by atoms with Gasteiger partial charge in [-0.3, -0.25) is 4.72 Å². The molecular weight excluding hydrogens is 266 g/mol. The molecule has 0 aliphatic rings. The summed E-state index contributed by atoms with van der Waals surface area (Å²) in [6.45, 7) is 5.25. The third-order valence-corrected chi connectivity index (χ3v) is 4.20. The third-order valence-electron chi connectivity index (χ3n) is 2.51. The number of nitrogens with zero attached hydrogens (tertiary/aromatic N) is 1. The Kier molecular flexibility index (Phi) is 6.07. The number of hydrogen-bond acceptors (Lipinski definition) is 4. The highest BCUT2D eigenvalue weighted by atomic mass is 32.2. The average Bonchev–Trinajstić information content (AvgIpc) is 2.37. The lowest BCUT2D eigenvalue weighted by molar-refractivity contribution is 0.328. The molecule has 1 aromatic carbocycles. The topological polar surface area (TPSA) is 84.7 Å². The van der Waals surface area contributed by atoms with Gasteiger partial charge in [0, 0.05) is 25.7 Å². The number of anilines is 1. The van der Waals surface area contributed by atoms with Crippen molar-refractivity contribution >= 4 is 15.9 Å². The van der Waals surface area contributed by atoms with Crippen molar-refractivity contribution in [3.63, 3.8) is 0 Å². The van der Waals surface area contributed by atoms with Crippen LogP contribution in [-0.4, -0.2) is 39.0 Å². The molecule has 6 nitrogen and oxygen atoms in total. The fraction of sp³-hybridized carbons (Fsp3) is 0.500. The normalized spacial score (nSPS) is 11.6. The summed E-state index contributed by atoms with van der Waals surface area (Å²) in [6.07, 6.45) is 0. The Morgan fingerprint density at radius 3 is 2.58 bits per heavy atom. The SMILES string of the molecule is CCN(CC)S(=O)(=O)Nc1cccc(OCCN)c1. The molecule has 0 aliphatic carbocycles. The summed E-state index contributed by atoms with van der Waals surface area (Å²) in [5.74, 6) is 0.588. The molecule has 108 valence electrons. The smallest absolute Gasteiger partial charge is 0.301 e. The molecule has 0 saturated carbocycles. The second-order valence-corrected chi connectivity index (χ2v) is 5.53. The summed E-state index contributed by atoms with van der Waals surface area (Å²) >= 11 is 0. The van der Waals surface area contributed by atoms with Crippen molar-refractivity contribution in [1.29, 1.82) is 0 Å². The zero-order valence-electron chi connectivity index (χ0n) is 11.3. The zero-order valence-corrected chi connectivity index (χ0v) is 12.1. The van der Waals surface area contributed by atoms with E-state index in [1.54, 1.807) is 38.1 Å². The van der Waals surface area contributed by atoms with E-state index in [0.29, 0.717) is 37.7 Å². The lowest BCUT2D eigenvalue weighted by Gasteiger charge is -2.19. The third kappa shape index (κ3) is 4.70. The molecule has 0 spiro atoms. The first kappa shape index (κ1) is 15.7. The van der Waals surface area contributed by atoms with E-state index in [2.05, 4.69) is 4.72 Å². The van der Waals surface area contributed by atoms with Gasteiger partial charge in [-0.05, 0) is 12.1 Å². The van der Waals surface area contributed by atoms with E-state index in [9.17, 15) is 8.42 Å². The zero-order chi connectivity index (χ0) is 14.3. The molecule has 7 heteroatoms. The molecule has 0 heterocycles. The molecule has 0 atom stereocenters. The van der Waals surface area contributed by atoms with Crippen molar-refractivity contribution < 1.29 is 13.2 Å². The maximum absolute atomic E-state index is 12.0. The predicted octanol–water partition coefficient (Wildman–Crippen LogP) is 1.02. The van der Waals surface area contributed by atoms with Crippen LogP contribution in [0.2, 0.25) is 0 Å². The van der Waals surface area contributed by atoms with Crippen LogP contribution >= 0.6 is 0 Å². The number of nitrogens with two attached hydrogens (primary N) is 1. The minimum absolute atomic E-state index is 0.395. The molecule has 0 aliphatic heterocycles. The van der Waals surface area contributed by atoms with Crippen LogP contribution in [-0.2, 0) is 10.2 Å². The second kappa shape index (κ2) is 7.32. The molecular formula is C12H21N3O3S. The largest absolute Gasteiger partial charge is 0.492 e. The van der Waals surface area contributed by atoms with Gasteiger partial charge in [-0.25, -0.2) is 0 Å². The highest BCUT2D eigenvalue weighted by Crippen LogP contribution is 2.19. The second-order valence-electron chi connectivity index (χ2n) is 3.86. The lowest BCUT2D eigenvalue weighted by Crippen LogP contribution is -2.35. The van der Waals surface area contributed by atoms with E-state index in [0.717, 1.165) is 0 Å². The molecule has 0 radical (unpaired) electrons.